The Labute approximate surface area is 143 Å². The Morgan fingerprint density at radius 3 is 2.08 bits per heavy atom. The lowest BCUT2D eigenvalue weighted by molar-refractivity contribution is -0.125. The minimum Gasteiger partial charge on any atom is -0.294 e. The Bertz CT molecular complexity index is 803. The molecule has 130 valence electrons. The van der Waals surface area contributed by atoms with Gasteiger partial charge in [0.25, 0.3) is 0 Å². The summed E-state index contributed by atoms with van der Waals surface area (Å²) >= 11 is 0. The van der Waals surface area contributed by atoms with Crippen molar-refractivity contribution in [2.45, 2.75) is 27.2 Å². The third kappa shape index (κ3) is 3.36. The maximum atomic E-state index is 12.1. The van der Waals surface area contributed by atoms with Crippen LogP contribution >= 0.6 is 0 Å². The van der Waals surface area contributed by atoms with Crippen LogP contribution in [0.1, 0.15) is 32.8 Å². The van der Waals surface area contributed by atoms with Crippen molar-refractivity contribution < 1.29 is 21.9 Å². The fourth-order valence-corrected chi connectivity index (χ4v) is 3.23. The number of ketones is 1. The van der Waals surface area contributed by atoms with Crippen LogP contribution in [0, 0.1) is 10.8 Å². The molecule has 0 spiro atoms. The van der Waals surface area contributed by atoms with Crippen molar-refractivity contribution in [1.82, 2.24) is 0 Å². The molecule has 5 nitrogen and oxygen atoms in total. The van der Waals surface area contributed by atoms with Gasteiger partial charge in [0.1, 0.15) is 0 Å². The number of rotatable bonds is 2. The molecule has 0 radical (unpaired) electrons. The predicted octanol–water partition coefficient (Wildman–Crippen LogP) is 3.45. The molecule has 1 N–H and O–H groups in total. The average molecular weight is 350 g/mol. The SMILES string of the molecule is CC1(C)C2=CC(=O)C1(C)CC2=Cc1ccccc1.COS(=O)(=O)O. The van der Waals surface area contributed by atoms with Crippen LogP contribution in [0.3, 0.4) is 0 Å². The topological polar surface area (TPSA) is 80.7 Å². The lowest BCUT2D eigenvalue weighted by atomic mass is 9.70. The Morgan fingerprint density at radius 2 is 1.71 bits per heavy atom. The fourth-order valence-electron chi connectivity index (χ4n) is 3.23. The Balaban J connectivity index is 0.000000301. The van der Waals surface area contributed by atoms with Crippen molar-refractivity contribution in [1.29, 1.82) is 0 Å². The van der Waals surface area contributed by atoms with Gasteiger partial charge >= 0.3 is 10.4 Å². The molecule has 0 amide bonds. The zero-order valence-electron chi connectivity index (χ0n) is 14.2. The van der Waals surface area contributed by atoms with Crippen LogP contribution in [0.15, 0.2) is 47.6 Å². The fraction of sp³-hybridized carbons (Fsp3) is 0.389. The number of fused-ring (bicyclic) bond motifs is 2. The molecule has 1 saturated carbocycles. The van der Waals surface area contributed by atoms with Crippen molar-refractivity contribution in [2.75, 3.05) is 7.11 Å². The molecule has 0 heterocycles. The highest BCUT2D eigenvalue weighted by atomic mass is 32.3. The van der Waals surface area contributed by atoms with Gasteiger partial charge in [0, 0.05) is 10.8 Å². The van der Waals surface area contributed by atoms with Crippen LogP contribution in [0.2, 0.25) is 0 Å². The number of carbonyl (C=O) groups is 1. The number of hydrogen-bond donors (Lipinski definition) is 1. The molecule has 1 unspecified atom stereocenters. The summed E-state index contributed by atoms with van der Waals surface area (Å²) in [5.41, 5.74) is 3.52. The smallest absolute Gasteiger partial charge is 0.294 e. The monoisotopic (exact) mass is 350 g/mol. The van der Waals surface area contributed by atoms with E-state index in [1.165, 1.54) is 16.7 Å². The largest absolute Gasteiger partial charge is 0.397 e. The molecule has 0 aliphatic heterocycles. The molecule has 24 heavy (non-hydrogen) atoms. The van der Waals surface area contributed by atoms with Crippen LogP contribution in [-0.4, -0.2) is 25.9 Å². The van der Waals surface area contributed by atoms with Gasteiger partial charge in [-0.1, -0.05) is 57.2 Å². The first-order chi connectivity index (χ1) is 11.0. The summed E-state index contributed by atoms with van der Waals surface area (Å²) in [6.45, 7) is 6.48. The Hall–Kier alpha value is -1.76. The van der Waals surface area contributed by atoms with Gasteiger partial charge in [-0.25, -0.2) is 0 Å². The molecule has 1 aromatic carbocycles. The minimum absolute atomic E-state index is 0.0231. The van der Waals surface area contributed by atoms with Crippen LogP contribution < -0.4 is 0 Å². The maximum absolute atomic E-state index is 12.1. The Kier molecular flexibility index (Phi) is 4.86. The second-order valence-electron chi connectivity index (χ2n) is 6.73. The molecule has 0 saturated heterocycles. The van der Waals surface area contributed by atoms with Gasteiger partial charge in [-0.15, -0.1) is 0 Å². The molecule has 1 aromatic rings. The standard InChI is InChI=1S/C17H18O.CH4O4S/c1-16(2)14-10-15(18)17(16,3)11-13(14)9-12-7-5-4-6-8-12;1-5-6(2,3)4/h4-10H,11H2,1-3H3;1H3,(H,2,3,4). The first-order valence-corrected chi connectivity index (χ1v) is 8.93. The second kappa shape index (κ2) is 6.27. The molecular weight excluding hydrogens is 328 g/mol. The van der Waals surface area contributed by atoms with Gasteiger partial charge in [0.05, 0.1) is 7.11 Å². The highest BCUT2D eigenvalue weighted by molar-refractivity contribution is 7.80. The van der Waals surface area contributed by atoms with E-state index in [2.05, 4.69) is 43.2 Å². The van der Waals surface area contributed by atoms with Gasteiger partial charge < -0.3 is 0 Å². The highest BCUT2D eigenvalue weighted by Gasteiger charge is 2.58. The summed E-state index contributed by atoms with van der Waals surface area (Å²) in [6.07, 6.45) is 4.96. The molecule has 3 rings (SSSR count). The van der Waals surface area contributed by atoms with Gasteiger partial charge in [0.15, 0.2) is 5.78 Å². The lowest BCUT2D eigenvalue weighted by Gasteiger charge is -2.31. The van der Waals surface area contributed by atoms with E-state index in [0.717, 1.165) is 13.5 Å². The van der Waals surface area contributed by atoms with Crippen molar-refractivity contribution in [2.24, 2.45) is 10.8 Å². The molecule has 1 atom stereocenters. The van der Waals surface area contributed by atoms with Gasteiger partial charge in [-0.2, -0.15) is 8.42 Å². The molecule has 0 aromatic heterocycles. The van der Waals surface area contributed by atoms with Gasteiger partial charge in [-0.3, -0.25) is 13.5 Å². The molecule has 2 bridgehead atoms. The van der Waals surface area contributed by atoms with Crippen LogP contribution in [0.5, 0.6) is 0 Å². The van der Waals surface area contributed by atoms with E-state index in [1.807, 2.05) is 24.3 Å². The summed E-state index contributed by atoms with van der Waals surface area (Å²) in [6, 6.07) is 10.3. The van der Waals surface area contributed by atoms with E-state index < -0.39 is 10.4 Å². The van der Waals surface area contributed by atoms with Crippen LogP contribution in [0.25, 0.3) is 6.08 Å². The third-order valence-electron chi connectivity index (χ3n) is 5.11. The third-order valence-corrected chi connectivity index (χ3v) is 5.53. The summed E-state index contributed by atoms with van der Waals surface area (Å²) < 4.78 is 29.7. The molecule has 1 fully saturated rings. The Morgan fingerprint density at radius 1 is 1.17 bits per heavy atom. The highest BCUT2D eigenvalue weighted by Crippen LogP contribution is 2.63. The lowest BCUT2D eigenvalue weighted by Crippen LogP contribution is -2.32. The van der Waals surface area contributed by atoms with E-state index in [0.29, 0.717) is 5.78 Å². The van der Waals surface area contributed by atoms with E-state index in [1.54, 1.807) is 0 Å². The van der Waals surface area contributed by atoms with Gasteiger partial charge in [-0.05, 0) is 29.2 Å². The summed E-state index contributed by atoms with van der Waals surface area (Å²) in [5, 5.41) is 0. The number of allylic oxidation sites excluding steroid dienone is 3. The average Bonchev–Trinajstić information content (AvgIpc) is 2.79. The number of hydrogen-bond acceptors (Lipinski definition) is 4. The van der Waals surface area contributed by atoms with E-state index in [9.17, 15) is 13.2 Å². The zero-order chi connectivity index (χ0) is 18.2. The predicted molar refractivity (Wildman–Crippen MR) is 92.6 cm³/mol. The van der Waals surface area contributed by atoms with Crippen molar-refractivity contribution in [3.8, 4) is 0 Å². The summed E-state index contributed by atoms with van der Waals surface area (Å²) in [5.74, 6) is 0.299. The van der Waals surface area contributed by atoms with E-state index >= 15 is 0 Å². The summed E-state index contributed by atoms with van der Waals surface area (Å²) in [7, 11) is -3.29. The zero-order valence-corrected chi connectivity index (χ0v) is 15.1. The van der Waals surface area contributed by atoms with E-state index in [-0.39, 0.29) is 10.8 Å². The van der Waals surface area contributed by atoms with Gasteiger partial charge in [0.2, 0.25) is 0 Å². The van der Waals surface area contributed by atoms with Crippen molar-refractivity contribution >= 4 is 22.3 Å². The second-order valence-corrected chi connectivity index (χ2v) is 7.92. The van der Waals surface area contributed by atoms with E-state index in [4.69, 9.17) is 4.55 Å². The molecule has 2 aliphatic rings. The normalized spacial score (nSPS) is 26.1. The van der Waals surface area contributed by atoms with Crippen LogP contribution in [0.4, 0.5) is 0 Å². The van der Waals surface area contributed by atoms with Crippen molar-refractivity contribution in [3.05, 3.63) is 53.1 Å². The van der Waals surface area contributed by atoms with Crippen molar-refractivity contribution in [3.63, 3.8) is 0 Å². The maximum Gasteiger partial charge on any atom is 0.397 e. The number of carbonyl (C=O) groups excluding carboxylic acids is 1. The molecular formula is C18H22O5S. The summed E-state index contributed by atoms with van der Waals surface area (Å²) in [4.78, 5) is 12.1. The quantitative estimate of drug-likeness (QED) is 0.826. The first kappa shape index (κ1) is 18.6. The number of benzene rings is 1. The molecule has 2 aliphatic carbocycles. The molecule has 6 heteroatoms. The minimum atomic E-state index is -4.16. The van der Waals surface area contributed by atoms with Crippen LogP contribution in [-0.2, 0) is 19.4 Å². The first-order valence-electron chi connectivity index (χ1n) is 7.57.